The molecule has 9 nitrogen and oxygen atoms in total. The number of ether oxygens (including phenoxy) is 2. The van der Waals surface area contributed by atoms with Gasteiger partial charge in [-0.3, -0.25) is 0 Å². The van der Waals surface area contributed by atoms with Gasteiger partial charge >= 0.3 is 0 Å². The van der Waals surface area contributed by atoms with Crippen molar-refractivity contribution in [2.45, 2.75) is 148 Å². The molecule has 0 aliphatic carbocycles. The van der Waals surface area contributed by atoms with Crippen LogP contribution < -0.4 is 10.5 Å². The van der Waals surface area contributed by atoms with Gasteiger partial charge in [0.25, 0.3) is 0 Å². The highest BCUT2D eigenvalue weighted by Gasteiger charge is 2.56. The van der Waals surface area contributed by atoms with Crippen molar-refractivity contribution in [3.8, 4) is 5.88 Å². The van der Waals surface area contributed by atoms with Gasteiger partial charge in [0.05, 0.1) is 6.61 Å². The summed E-state index contributed by atoms with van der Waals surface area (Å²) in [5, 5.41) is 5.16. The van der Waals surface area contributed by atoms with E-state index in [0.717, 1.165) is 5.56 Å². The van der Waals surface area contributed by atoms with Crippen molar-refractivity contribution in [2.24, 2.45) is 0 Å². The fourth-order valence-electron chi connectivity index (χ4n) is 8.50. The number of rotatable bonds is 15. The molecule has 4 rings (SSSR count). The van der Waals surface area contributed by atoms with E-state index in [4.69, 9.17) is 29.2 Å². The van der Waals surface area contributed by atoms with Gasteiger partial charge in [-0.1, -0.05) is 113 Å². The molecule has 4 atom stereocenters. The van der Waals surface area contributed by atoms with Crippen molar-refractivity contribution in [2.75, 3.05) is 12.3 Å². The molecule has 47 heavy (non-hydrogen) atoms. The van der Waals surface area contributed by atoms with Crippen molar-refractivity contribution in [3.63, 3.8) is 0 Å². The maximum Gasteiger partial charge on any atom is 0.246 e. The summed E-state index contributed by atoms with van der Waals surface area (Å²) in [5.74, 6) is 0.439. The van der Waals surface area contributed by atoms with Crippen LogP contribution in [-0.2, 0) is 20.2 Å². The predicted molar refractivity (Wildman–Crippen MR) is 192 cm³/mol. The second-order valence-corrected chi connectivity index (χ2v) is 25.9. The van der Waals surface area contributed by atoms with Crippen LogP contribution in [0.4, 0.5) is 10.2 Å². The lowest BCUT2D eigenvalue weighted by Gasteiger charge is -2.46. The third-order valence-electron chi connectivity index (χ3n) is 10.5. The van der Waals surface area contributed by atoms with Gasteiger partial charge in [-0.2, -0.15) is 0 Å². The quantitative estimate of drug-likeness (QED) is 0.158. The molecule has 0 saturated carbocycles. The lowest BCUT2D eigenvalue weighted by molar-refractivity contribution is -0.0481. The number of nitrogens with two attached hydrogens (primary N) is 1. The lowest BCUT2D eigenvalue weighted by Crippen LogP contribution is -2.55. The fourth-order valence-corrected chi connectivity index (χ4v) is 19.5. The van der Waals surface area contributed by atoms with Crippen LogP contribution in [0.15, 0.2) is 36.7 Å². The largest absolute Gasteiger partial charge is 0.471 e. The van der Waals surface area contributed by atoms with Crippen molar-refractivity contribution in [3.05, 3.63) is 42.2 Å². The van der Waals surface area contributed by atoms with Gasteiger partial charge in [0, 0.05) is 0 Å². The molecule has 1 aromatic carbocycles. The number of anilines is 1. The molecule has 0 radical (unpaired) electrons. The second kappa shape index (κ2) is 15.0. The van der Waals surface area contributed by atoms with E-state index in [1.54, 1.807) is 0 Å². The zero-order valence-corrected chi connectivity index (χ0v) is 32.5. The third-order valence-corrected chi connectivity index (χ3v) is 22.6. The van der Waals surface area contributed by atoms with Crippen LogP contribution in [0.25, 0.3) is 11.0 Å². The Morgan fingerprint density at radius 3 is 1.91 bits per heavy atom. The van der Waals surface area contributed by atoms with Crippen molar-refractivity contribution in [1.29, 1.82) is 0 Å². The summed E-state index contributed by atoms with van der Waals surface area (Å²) in [7, 11) is -4.81. The van der Waals surface area contributed by atoms with Gasteiger partial charge in [-0.05, 0) is 38.8 Å². The Balaban J connectivity index is 1.78. The molecule has 0 unspecified atom stereocenters. The summed E-state index contributed by atoms with van der Waals surface area (Å²) in [5.41, 5.74) is 9.56. The van der Waals surface area contributed by atoms with Gasteiger partial charge in [-0.25, -0.2) is 19.0 Å². The molecule has 2 N–H and O–H groups in total. The van der Waals surface area contributed by atoms with E-state index in [9.17, 15) is 0 Å². The number of nitrogens with zero attached hydrogens (tertiary/aromatic N) is 4. The van der Waals surface area contributed by atoms with Gasteiger partial charge in [-0.15, -0.1) is 5.10 Å². The summed E-state index contributed by atoms with van der Waals surface area (Å²) >= 11 is 0. The van der Waals surface area contributed by atoms with Crippen LogP contribution >= 0.6 is 0 Å². The molecule has 1 aliphatic heterocycles. The van der Waals surface area contributed by atoms with Gasteiger partial charge in [0.1, 0.15) is 36.3 Å². The van der Waals surface area contributed by atoms with Gasteiger partial charge < -0.3 is 24.1 Å². The third kappa shape index (κ3) is 7.03. The monoisotopic (exact) mass is 687 g/mol. The first-order valence-corrected chi connectivity index (χ1v) is 21.6. The molecule has 3 heterocycles. The van der Waals surface area contributed by atoms with Gasteiger partial charge in [0.15, 0.2) is 26.4 Å². The number of hydrogen-bond acceptors (Lipinski definition) is 8. The van der Waals surface area contributed by atoms with E-state index in [1.165, 1.54) is 11.0 Å². The Labute approximate surface area is 283 Å². The number of halogens is 1. The van der Waals surface area contributed by atoms with E-state index in [1.807, 2.05) is 30.3 Å². The first-order valence-electron chi connectivity index (χ1n) is 17.4. The van der Waals surface area contributed by atoms with Crippen LogP contribution in [0.5, 0.6) is 5.88 Å². The zero-order chi connectivity index (χ0) is 34.8. The molecule has 3 aromatic rings. The smallest absolute Gasteiger partial charge is 0.246 e. The maximum atomic E-state index is 17.2. The topological polar surface area (TPSA) is 107 Å². The molecule has 0 spiro atoms. The maximum absolute atomic E-state index is 17.2. The number of hydrogen-bond donors (Lipinski definition) is 1. The van der Waals surface area contributed by atoms with Gasteiger partial charge in [0.2, 0.25) is 14.2 Å². The number of nitrogen functional groups attached to an aromatic ring is 1. The summed E-state index contributed by atoms with van der Waals surface area (Å²) in [6, 6.07) is 9.76. The van der Waals surface area contributed by atoms with Crippen LogP contribution in [0, 0.1) is 0 Å². The SMILES string of the molecule is CC(C)[Si](OC[C@@H]1O[C@H](n2nc(OCc3ccccc3)c3c(N)ncnc32)[C@@H](F)[C@H]1O[Si](C(C)C)(C(C)C)C(C)C)(C(C)C)C(C)C. The highest BCUT2D eigenvalue weighted by molar-refractivity contribution is 6.78. The fraction of sp³-hybridized carbons (Fsp3) is 0.686. The van der Waals surface area contributed by atoms with Crippen LogP contribution in [-0.4, -0.2) is 61.4 Å². The standard InChI is InChI=1S/C35H58FN5O4Si2/c1-21(2)46(22(3)4,23(5)6)43-19-28-31(45-47(24(7)8,25(9)10)26(11)12)30(36)35(44-28)41-33-29(32(37)38-20-39-33)34(40-41)42-18-27-16-14-13-15-17-27/h13-17,20-26,28,30-31,35H,18-19H2,1-12H3,(H2,37,38,39)/t28-,30-,31-,35-/m0/s1. The van der Waals surface area contributed by atoms with E-state index in [-0.39, 0.29) is 41.5 Å². The van der Waals surface area contributed by atoms with E-state index in [2.05, 4.69) is 93.1 Å². The van der Waals surface area contributed by atoms with E-state index < -0.39 is 41.2 Å². The minimum absolute atomic E-state index is 0.206. The highest BCUT2D eigenvalue weighted by Crippen LogP contribution is 2.48. The molecule has 12 heteroatoms. The summed E-state index contributed by atoms with van der Waals surface area (Å²) in [6.07, 6.45) is -2.79. The minimum Gasteiger partial charge on any atom is -0.471 e. The Hall–Kier alpha value is -2.39. The highest BCUT2D eigenvalue weighted by atomic mass is 28.4. The molecule has 0 amide bonds. The average Bonchev–Trinajstić information content (AvgIpc) is 3.51. The van der Waals surface area contributed by atoms with Crippen molar-refractivity contribution < 1.29 is 22.7 Å². The number of benzene rings is 1. The second-order valence-electron chi connectivity index (χ2n) is 15.0. The Bertz CT molecular complexity index is 1410. The molecular weight excluding hydrogens is 630 g/mol. The summed E-state index contributed by atoms with van der Waals surface area (Å²) < 4.78 is 45.8. The zero-order valence-electron chi connectivity index (χ0n) is 30.5. The van der Waals surface area contributed by atoms with Crippen molar-refractivity contribution >= 4 is 33.5 Å². The number of alkyl halides is 1. The van der Waals surface area contributed by atoms with Crippen molar-refractivity contribution in [1.82, 2.24) is 19.7 Å². The average molecular weight is 688 g/mol. The van der Waals surface area contributed by atoms with E-state index >= 15 is 4.39 Å². The predicted octanol–water partition coefficient (Wildman–Crippen LogP) is 8.98. The molecular formula is C35H58FN5O4Si2. The first kappa shape index (κ1) is 37.4. The molecule has 1 saturated heterocycles. The number of fused-ring (bicyclic) bond motifs is 1. The normalized spacial score (nSPS) is 21.1. The molecule has 1 aliphatic rings. The Morgan fingerprint density at radius 2 is 1.38 bits per heavy atom. The lowest BCUT2D eigenvalue weighted by atomic mass is 10.1. The Kier molecular flexibility index (Phi) is 12.0. The molecule has 2 aromatic heterocycles. The van der Waals surface area contributed by atoms with E-state index in [0.29, 0.717) is 27.7 Å². The van der Waals surface area contributed by atoms with Crippen LogP contribution in [0.2, 0.25) is 33.2 Å². The minimum atomic E-state index is -2.52. The molecule has 0 bridgehead atoms. The molecule has 262 valence electrons. The number of aromatic nitrogens is 4. The van der Waals surface area contributed by atoms with Crippen LogP contribution in [0.1, 0.15) is 94.9 Å². The summed E-state index contributed by atoms with van der Waals surface area (Å²) in [4.78, 5) is 8.68. The Morgan fingerprint density at radius 1 is 0.830 bits per heavy atom. The molecule has 1 fully saturated rings. The first-order chi connectivity index (χ1) is 22.1. The summed E-state index contributed by atoms with van der Waals surface area (Å²) in [6.45, 7) is 27.3. The van der Waals surface area contributed by atoms with Crippen LogP contribution in [0.3, 0.4) is 0 Å².